The molecule has 136 valence electrons. The first-order valence-corrected chi connectivity index (χ1v) is 8.75. The van der Waals surface area contributed by atoms with E-state index in [1.807, 2.05) is 0 Å². The van der Waals surface area contributed by atoms with Crippen LogP contribution >= 0.6 is 24.8 Å². The summed E-state index contributed by atoms with van der Waals surface area (Å²) in [6, 6.07) is 7.33. The summed E-state index contributed by atoms with van der Waals surface area (Å²) >= 11 is 9.35. The number of esters is 1. The lowest BCUT2D eigenvalue weighted by molar-refractivity contribution is -0.384. The molecular weight excluding hydrogens is 374 g/mol. The van der Waals surface area contributed by atoms with Gasteiger partial charge in [-0.05, 0) is 19.4 Å². The van der Waals surface area contributed by atoms with Crippen molar-refractivity contribution in [3.05, 3.63) is 39.9 Å². The monoisotopic (exact) mass is 391 g/mol. The summed E-state index contributed by atoms with van der Waals surface area (Å²) in [6.45, 7) is 3.51. The number of ether oxygens (including phenoxy) is 1. The first-order valence-electron chi connectivity index (χ1n) is 7.89. The second kappa shape index (κ2) is 8.38. The van der Waals surface area contributed by atoms with Crippen LogP contribution in [-0.4, -0.2) is 33.4 Å². The molecule has 1 aromatic carbocycles. The molecule has 1 aliphatic rings. The fraction of sp³-hybridized carbons (Fsp3) is 0.412. The Kier molecular flexibility index (Phi) is 6.45. The summed E-state index contributed by atoms with van der Waals surface area (Å²) in [5, 5.41) is 20.8. The maximum Gasteiger partial charge on any atom is 0.312 e. The highest BCUT2D eigenvalue weighted by atomic mass is 32.1. The van der Waals surface area contributed by atoms with Crippen molar-refractivity contribution < 1.29 is 14.5 Å². The Bertz CT molecular complexity index is 818. The molecule has 0 aliphatic carbocycles. The molecule has 0 aromatic heterocycles. The van der Waals surface area contributed by atoms with E-state index in [1.165, 1.54) is 18.2 Å². The zero-order valence-corrected chi connectivity index (χ0v) is 15.9. The van der Waals surface area contributed by atoms with Crippen LogP contribution in [0.15, 0.2) is 29.3 Å². The Hall–Kier alpha value is -2.31. The van der Waals surface area contributed by atoms with Crippen molar-refractivity contribution in [2.75, 3.05) is 6.61 Å². The number of hydrogen-bond donors (Lipinski definition) is 1. The van der Waals surface area contributed by atoms with Crippen LogP contribution in [0.2, 0.25) is 0 Å². The van der Waals surface area contributed by atoms with Crippen LogP contribution in [0.3, 0.4) is 0 Å². The van der Waals surface area contributed by atoms with Gasteiger partial charge in [-0.15, -0.1) is 12.6 Å². The highest BCUT2D eigenvalue weighted by Gasteiger charge is 2.47. The highest BCUT2D eigenvalue weighted by molar-refractivity contribution is 8.11. The van der Waals surface area contributed by atoms with E-state index in [1.54, 1.807) is 19.9 Å². The van der Waals surface area contributed by atoms with E-state index in [0.29, 0.717) is 11.3 Å². The number of nitrogens with zero attached hydrogens (tertiary/aromatic N) is 3. The van der Waals surface area contributed by atoms with Crippen LogP contribution < -0.4 is 0 Å². The van der Waals surface area contributed by atoms with E-state index >= 15 is 0 Å². The predicted octanol–water partition coefficient (Wildman–Crippen LogP) is 3.10. The molecular formula is C17H17N3O4S2. The Morgan fingerprint density at radius 2 is 2.23 bits per heavy atom. The molecule has 7 nitrogen and oxygen atoms in total. The van der Waals surface area contributed by atoms with Crippen LogP contribution in [-0.2, 0) is 9.53 Å². The molecule has 0 amide bonds. The third-order valence-corrected chi connectivity index (χ3v) is 4.80. The van der Waals surface area contributed by atoms with Crippen LogP contribution in [0.1, 0.15) is 25.3 Å². The van der Waals surface area contributed by atoms with Gasteiger partial charge in [-0.1, -0.05) is 24.4 Å². The maximum absolute atomic E-state index is 12.7. The molecule has 0 N–H and O–H groups in total. The molecule has 1 aliphatic heterocycles. The van der Waals surface area contributed by atoms with E-state index < -0.39 is 34.7 Å². The molecule has 0 saturated carbocycles. The number of nitro groups is 1. The average molecular weight is 391 g/mol. The van der Waals surface area contributed by atoms with Crippen LogP contribution in [0.4, 0.5) is 5.69 Å². The number of nitriles is 1. The van der Waals surface area contributed by atoms with E-state index in [9.17, 15) is 20.2 Å². The first-order chi connectivity index (χ1) is 12.3. The summed E-state index contributed by atoms with van der Waals surface area (Å²) in [5.74, 6) is -2.84. The number of aliphatic imine (C=N–C) groups is 1. The topological polar surface area (TPSA) is 106 Å². The van der Waals surface area contributed by atoms with Crippen molar-refractivity contribution in [2.45, 2.75) is 25.8 Å². The van der Waals surface area contributed by atoms with Crippen LogP contribution in [0.5, 0.6) is 0 Å². The van der Waals surface area contributed by atoms with Gasteiger partial charge in [0, 0.05) is 23.8 Å². The number of nitro benzene ring substituents is 1. The van der Waals surface area contributed by atoms with Crippen molar-refractivity contribution in [1.29, 1.82) is 5.26 Å². The zero-order chi connectivity index (χ0) is 19.4. The van der Waals surface area contributed by atoms with Gasteiger partial charge in [-0.3, -0.25) is 19.9 Å². The van der Waals surface area contributed by atoms with Crippen LogP contribution in [0, 0.1) is 33.3 Å². The second-order valence-electron chi connectivity index (χ2n) is 5.82. The lowest BCUT2D eigenvalue weighted by atomic mass is 9.70. The molecule has 2 rings (SSSR count). The van der Waals surface area contributed by atoms with Gasteiger partial charge in [0.25, 0.3) is 5.69 Å². The molecule has 9 heteroatoms. The Labute approximate surface area is 161 Å². The Balaban J connectivity index is 2.66. The van der Waals surface area contributed by atoms with E-state index in [0.717, 1.165) is 0 Å². The minimum atomic E-state index is -0.879. The largest absolute Gasteiger partial charge is 0.466 e. The molecule has 1 aromatic rings. The van der Waals surface area contributed by atoms with Gasteiger partial charge in [0.15, 0.2) is 0 Å². The third-order valence-electron chi connectivity index (χ3n) is 4.30. The normalized spacial score (nSPS) is 24.9. The van der Waals surface area contributed by atoms with E-state index in [4.69, 9.17) is 17.0 Å². The number of non-ortho nitro benzene ring substituents is 1. The highest BCUT2D eigenvalue weighted by Crippen LogP contribution is 2.42. The van der Waals surface area contributed by atoms with Gasteiger partial charge in [-0.2, -0.15) is 5.26 Å². The summed E-state index contributed by atoms with van der Waals surface area (Å²) in [4.78, 5) is 27.7. The summed E-state index contributed by atoms with van der Waals surface area (Å²) < 4.78 is 5.38. The van der Waals surface area contributed by atoms with Gasteiger partial charge >= 0.3 is 5.97 Å². The van der Waals surface area contributed by atoms with Crippen LogP contribution in [0.25, 0.3) is 0 Å². The smallest absolute Gasteiger partial charge is 0.312 e. The molecule has 4 unspecified atom stereocenters. The molecule has 0 bridgehead atoms. The fourth-order valence-electron chi connectivity index (χ4n) is 3.19. The van der Waals surface area contributed by atoms with Crippen molar-refractivity contribution >= 4 is 46.4 Å². The number of hydrogen-bond acceptors (Lipinski definition) is 7. The SMILES string of the molecule is CCOC(=O)C1C(C(=S)S)N=C(C)C(C#N)C1c1cccc([N+](=O)[O-])c1. The fourth-order valence-corrected chi connectivity index (χ4v) is 3.60. The molecule has 0 radical (unpaired) electrons. The Morgan fingerprint density at radius 3 is 2.77 bits per heavy atom. The van der Waals surface area contributed by atoms with Gasteiger partial charge in [0.2, 0.25) is 0 Å². The Morgan fingerprint density at radius 1 is 1.54 bits per heavy atom. The lowest BCUT2D eigenvalue weighted by Crippen LogP contribution is -2.45. The molecule has 0 saturated heterocycles. The van der Waals surface area contributed by atoms with Gasteiger partial charge in [-0.25, -0.2) is 0 Å². The second-order valence-corrected chi connectivity index (χ2v) is 7.04. The molecule has 1 heterocycles. The molecule has 0 spiro atoms. The van der Waals surface area contributed by atoms with E-state index in [-0.39, 0.29) is 16.5 Å². The average Bonchev–Trinajstić information content (AvgIpc) is 2.60. The number of benzene rings is 1. The lowest BCUT2D eigenvalue weighted by Gasteiger charge is -2.37. The molecule has 4 atom stereocenters. The summed E-state index contributed by atoms with van der Waals surface area (Å²) in [7, 11) is 0. The molecule has 26 heavy (non-hydrogen) atoms. The summed E-state index contributed by atoms with van der Waals surface area (Å²) in [6.07, 6.45) is 0. The van der Waals surface area contributed by atoms with Crippen molar-refractivity contribution in [3.8, 4) is 6.07 Å². The number of thiocarbonyl (C=S) groups is 1. The van der Waals surface area contributed by atoms with Crippen molar-refractivity contribution in [3.63, 3.8) is 0 Å². The summed E-state index contributed by atoms with van der Waals surface area (Å²) in [5.41, 5.74) is 0.880. The number of thiol groups is 1. The number of carbonyl (C=O) groups excluding carboxylic acids is 1. The van der Waals surface area contributed by atoms with Crippen molar-refractivity contribution in [2.24, 2.45) is 16.8 Å². The number of carbonyl (C=O) groups is 1. The minimum absolute atomic E-state index is 0.119. The third kappa shape index (κ3) is 3.92. The predicted molar refractivity (Wildman–Crippen MR) is 104 cm³/mol. The minimum Gasteiger partial charge on any atom is -0.466 e. The molecule has 0 fully saturated rings. The van der Waals surface area contributed by atoms with Gasteiger partial charge < -0.3 is 4.74 Å². The quantitative estimate of drug-likeness (QED) is 0.272. The first kappa shape index (κ1) is 20.0. The maximum atomic E-state index is 12.7. The van der Waals surface area contributed by atoms with Gasteiger partial charge in [0.05, 0.1) is 33.6 Å². The van der Waals surface area contributed by atoms with Gasteiger partial charge in [0.1, 0.15) is 6.04 Å². The van der Waals surface area contributed by atoms with Crippen molar-refractivity contribution in [1.82, 2.24) is 0 Å². The number of rotatable bonds is 5. The standard InChI is InChI=1S/C17H17N3O4S2/c1-3-24-16(21)14-13(10-5-4-6-11(7-10)20(22)23)12(8-18)9(2)19-15(14)17(25)26/h4-7,12-15H,3H2,1-2H3,(H,25,26). The van der Waals surface area contributed by atoms with E-state index in [2.05, 4.69) is 23.7 Å². The zero-order valence-electron chi connectivity index (χ0n) is 14.2.